The molecule has 0 N–H and O–H groups in total. The second-order valence-corrected chi connectivity index (χ2v) is 1.97. The van der Waals surface area contributed by atoms with Crippen LogP contribution in [0, 0.1) is 6.20 Å². The van der Waals surface area contributed by atoms with E-state index in [9.17, 15) is 0 Å². The van der Waals surface area contributed by atoms with Gasteiger partial charge in [-0.1, -0.05) is 0 Å². The Morgan fingerprint density at radius 1 is 1.45 bits per heavy atom. The Morgan fingerprint density at radius 3 is 3.09 bits per heavy atom. The fourth-order valence-electron chi connectivity index (χ4n) is 0.776. The lowest BCUT2D eigenvalue weighted by atomic mass is 10.5. The van der Waals surface area contributed by atoms with Crippen LogP contribution in [0.4, 0.5) is 0 Å². The summed E-state index contributed by atoms with van der Waals surface area (Å²) in [6, 6.07) is 5.35. The molecule has 0 aliphatic carbocycles. The summed E-state index contributed by atoms with van der Waals surface area (Å²) in [6.45, 7) is 0. The molecule has 0 unspecified atom stereocenters. The topological polar surface area (TPSA) is 43.6 Å². The summed E-state index contributed by atoms with van der Waals surface area (Å²) in [6.07, 6.45) is 6.06. The van der Waals surface area contributed by atoms with Gasteiger partial charge < -0.3 is 0 Å². The van der Waals surface area contributed by atoms with E-state index in [0.29, 0.717) is 5.82 Å². The Balaban J connectivity index is 2.46. The predicted octanol–water partition coefficient (Wildman–Crippen LogP) is 0.462. The zero-order valence-corrected chi connectivity index (χ0v) is 5.68. The number of hydrogen-bond donors (Lipinski definition) is 0. The van der Waals surface area contributed by atoms with Crippen molar-refractivity contribution in [2.45, 2.75) is 0 Å². The van der Waals surface area contributed by atoms with Crippen LogP contribution in [-0.2, 0) is 0 Å². The standard InChI is InChI=1S/C7H5N4/c1-3-7(10-8-4-1)11-6-2-5-9-11/h1-4,6H. The van der Waals surface area contributed by atoms with Crippen LogP contribution < -0.4 is 0 Å². The summed E-state index contributed by atoms with van der Waals surface area (Å²) in [5, 5.41) is 11.4. The molecule has 4 nitrogen and oxygen atoms in total. The summed E-state index contributed by atoms with van der Waals surface area (Å²) in [5.74, 6) is 0.703. The minimum atomic E-state index is 0.703. The first kappa shape index (κ1) is 6.03. The molecule has 2 rings (SSSR count). The molecule has 0 amide bonds. The van der Waals surface area contributed by atoms with Crippen LogP contribution in [0.15, 0.2) is 30.6 Å². The molecule has 0 saturated heterocycles. The molecule has 2 heterocycles. The van der Waals surface area contributed by atoms with Crippen molar-refractivity contribution in [1.29, 1.82) is 0 Å². The average Bonchev–Trinajstić information content (AvgIpc) is 2.58. The summed E-state index contributed by atoms with van der Waals surface area (Å²) < 4.78 is 1.60. The highest BCUT2D eigenvalue weighted by Crippen LogP contribution is 1.96. The van der Waals surface area contributed by atoms with Gasteiger partial charge in [-0.25, -0.2) is 4.68 Å². The summed E-state index contributed by atoms with van der Waals surface area (Å²) in [7, 11) is 0. The molecule has 0 saturated carbocycles. The van der Waals surface area contributed by atoms with E-state index < -0.39 is 0 Å². The first-order chi connectivity index (χ1) is 5.47. The van der Waals surface area contributed by atoms with Gasteiger partial charge in [-0.2, -0.15) is 10.2 Å². The number of hydrogen-bond acceptors (Lipinski definition) is 3. The van der Waals surface area contributed by atoms with Gasteiger partial charge in [-0.3, -0.25) is 0 Å². The van der Waals surface area contributed by atoms with Crippen LogP contribution in [-0.4, -0.2) is 20.0 Å². The normalized spacial score (nSPS) is 9.82. The molecule has 2 aromatic rings. The third kappa shape index (κ3) is 1.10. The van der Waals surface area contributed by atoms with Crippen LogP contribution in [0.2, 0.25) is 0 Å². The van der Waals surface area contributed by atoms with Crippen molar-refractivity contribution in [2.75, 3.05) is 0 Å². The monoisotopic (exact) mass is 145 g/mol. The predicted molar refractivity (Wildman–Crippen MR) is 38.0 cm³/mol. The Hall–Kier alpha value is -1.71. The van der Waals surface area contributed by atoms with Gasteiger partial charge in [0.2, 0.25) is 0 Å². The molecular formula is C7H5N4. The van der Waals surface area contributed by atoms with E-state index >= 15 is 0 Å². The lowest BCUT2D eigenvalue weighted by molar-refractivity contribution is 0.812. The number of nitrogens with zero attached hydrogens (tertiary/aromatic N) is 4. The van der Waals surface area contributed by atoms with E-state index in [1.165, 1.54) is 0 Å². The van der Waals surface area contributed by atoms with E-state index in [0.717, 1.165) is 0 Å². The van der Waals surface area contributed by atoms with Crippen molar-refractivity contribution in [2.24, 2.45) is 0 Å². The largest absolute Gasteiger partial charge is 0.220 e. The highest BCUT2D eigenvalue weighted by atomic mass is 15.3. The Kier molecular flexibility index (Phi) is 1.37. The first-order valence-corrected chi connectivity index (χ1v) is 3.16. The van der Waals surface area contributed by atoms with Crippen molar-refractivity contribution in [3.05, 3.63) is 36.8 Å². The molecular weight excluding hydrogens is 140 g/mol. The summed E-state index contributed by atoms with van der Waals surface area (Å²) >= 11 is 0. The molecule has 53 valence electrons. The molecule has 4 heteroatoms. The third-order valence-corrected chi connectivity index (χ3v) is 1.25. The van der Waals surface area contributed by atoms with Gasteiger partial charge in [0.25, 0.3) is 0 Å². The quantitative estimate of drug-likeness (QED) is 0.585. The molecule has 11 heavy (non-hydrogen) atoms. The van der Waals surface area contributed by atoms with E-state index in [1.54, 1.807) is 23.1 Å². The summed E-state index contributed by atoms with van der Waals surface area (Å²) in [5.41, 5.74) is 0. The minimum absolute atomic E-state index is 0.703. The van der Waals surface area contributed by atoms with Crippen molar-refractivity contribution >= 4 is 0 Å². The Bertz CT molecular complexity index is 313. The molecule has 0 spiro atoms. The lowest BCUT2D eigenvalue weighted by Crippen LogP contribution is -1.97. The van der Waals surface area contributed by atoms with E-state index in [4.69, 9.17) is 0 Å². The van der Waals surface area contributed by atoms with Gasteiger partial charge in [0.15, 0.2) is 5.82 Å². The molecule has 1 radical (unpaired) electrons. The molecule has 0 bridgehead atoms. The highest BCUT2D eigenvalue weighted by Gasteiger charge is 1.93. The second-order valence-electron chi connectivity index (χ2n) is 1.97. The lowest BCUT2D eigenvalue weighted by Gasteiger charge is -1.94. The van der Waals surface area contributed by atoms with Gasteiger partial charge in [-0.15, -0.1) is 5.10 Å². The molecule has 0 aromatic carbocycles. The van der Waals surface area contributed by atoms with Crippen LogP contribution in [0.3, 0.4) is 0 Å². The molecule has 0 aliphatic heterocycles. The smallest absolute Gasteiger partial charge is 0.175 e. The van der Waals surface area contributed by atoms with Crippen molar-refractivity contribution < 1.29 is 0 Å². The van der Waals surface area contributed by atoms with E-state index in [2.05, 4.69) is 21.5 Å². The minimum Gasteiger partial charge on any atom is -0.220 e. The SMILES string of the molecule is [c]1ccn(-c2cccnn2)n1. The molecule has 0 atom stereocenters. The molecule has 0 fully saturated rings. The van der Waals surface area contributed by atoms with E-state index in [-0.39, 0.29) is 0 Å². The number of aromatic nitrogens is 4. The van der Waals surface area contributed by atoms with Crippen molar-refractivity contribution in [1.82, 2.24) is 20.0 Å². The number of rotatable bonds is 1. The molecule has 0 aliphatic rings. The maximum atomic E-state index is 3.88. The molecule has 2 aromatic heterocycles. The van der Waals surface area contributed by atoms with Crippen LogP contribution in [0.5, 0.6) is 0 Å². The third-order valence-electron chi connectivity index (χ3n) is 1.25. The van der Waals surface area contributed by atoms with Crippen LogP contribution in [0.25, 0.3) is 5.82 Å². The second kappa shape index (κ2) is 2.49. The van der Waals surface area contributed by atoms with Gasteiger partial charge >= 0.3 is 0 Å². The zero-order valence-electron chi connectivity index (χ0n) is 5.68. The first-order valence-electron chi connectivity index (χ1n) is 3.16. The van der Waals surface area contributed by atoms with Crippen molar-refractivity contribution in [3.63, 3.8) is 0 Å². The zero-order chi connectivity index (χ0) is 7.52. The van der Waals surface area contributed by atoms with Gasteiger partial charge in [0, 0.05) is 12.4 Å². The van der Waals surface area contributed by atoms with E-state index in [1.807, 2.05) is 12.1 Å². The van der Waals surface area contributed by atoms with Crippen molar-refractivity contribution in [3.8, 4) is 5.82 Å². The maximum Gasteiger partial charge on any atom is 0.175 e. The summed E-state index contributed by atoms with van der Waals surface area (Å²) in [4.78, 5) is 0. The van der Waals surface area contributed by atoms with Gasteiger partial charge in [0.1, 0.15) is 6.20 Å². The van der Waals surface area contributed by atoms with Gasteiger partial charge in [-0.05, 0) is 18.2 Å². The van der Waals surface area contributed by atoms with Crippen LogP contribution in [0.1, 0.15) is 0 Å². The van der Waals surface area contributed by atoms with Gasteiger partial charge in [0.05, 0.1) is 0 Å². The maximum absolute atomic E-state index is 3.88. The van der Waals surface area contributed by atoms with Crippen LogP contribution >= 0.6 is 0 Å². The highest BCUT2D eigenvalue weighted by molar-refractivity contribution is 5.16. The Labute approximate surface area is 63.5 Å². The average molecular weight is 145 g/mol. The fraction of sp³-hybridized carbons (Fsp3) is 0. The Morgan fingerprint density at radius 2 is 2.45 bits per heavy atom. The fourth-order valence-corrected chi connectivity index (χ4v) is 0.776.